The van der Waals surface area contributed by atoms with Gasteiger partial charge in [0.15, 0.2) is 0 Å². The summed E-state index contributed by atoms with van der Waals surface area (Å²) in [6.45, 7) is 9.40. The largest absolute Gasteiger partial charge is 0.393 e. The minimum Gasteiger partial charge on any atom is -0.393 e. The van der Waals surface area contributed by atoms with Gasteiger partial charge in [-0.2, -0.15) is 0 Å². The van der Waals surface area contributed by atoms with Gasteiger partial charge in [0.2, 0.25) is 0 Å². The number of aliphatic hydroxyl groups excluding tert-OH is 1. The quantitative estimate of drug-likeness (QED) is 0.802. The SMILES string of the molecule is CCC(O)CCNC(C)c1cc(C)sc1C. The minimum absolute atomic E-state index is 0.162. The normalized spacial score (nSPS) is 15.1. The van der Waals surface area contributed by atoms with Crippen molar-refractivity contribution >= 4 is 11.3 Å². The Morgan fingerprint density at radius 3 is 2.62 bits per heavy atom. The molecule has 0 aliphatic heterocycles. The molecule has 0 spiro atoms. The third kappa shape index (κ3) is 3.89. The second-order valence-corrected chi connectivity index (χ2v) is 5.86. The molecule has 0 saturated heterocycles. The predicted molar refractivity (Wildman–Crippen MR) is 71.1 cm³/mol. The summed E-state index contributed by atoms with van der Waals surface area (Å²) in [7, 11) is 0. The van der Waals surface area contributed by atoms with Crippen molar-refractivity contribution in [2.75, 3.05) is 6.54 Å². The van der Waals surface area contributed by atoms with E-state index in [9.17, 15) is 5.11 Å². The van der Waals surface area contributed by atoms with Gasteiger partial charge in [0.25, 0.3) is 0 Å². The third-order valence-electron chi connectivity index (χ3n) is 2.95. The molecule has 0 bridgehead atoms. The van der Waals surface area contributed by atoms with Crippen molar-refractivity contribution in [2.24, 2.45) is 0 Å². The summed E-state index contributed by atoms with van der Waals surface area (Å²) < 4.78 is 0. The van der Waals surface area contributed by atoms with Gasteiger partial charge in [-0.25, -0.2) is 0 Å². The number of thiophene rings is 1. The number of rotatable bonds is 6. The summed E-state index contributed by atoms with van der Waals surface area (Å²) in [6, 6.07) is 2.64. The molecule has 1 heterocycles. The van der Waals surface area contributed by atoms with E-state index in [0.717, 1.165) is 19.4 Å². The van der Waals surface area contributed by atoms with Crippen LogP contribution in [0.2, 0.25) is 0 Å². The molecule has 1 rings (SSSR count). The lowest BCUT2D eigenvalue weighted by molar-refractivity contribution is 0.159. The average Bonchev–Trinajstić information content (AvgIpc) is 2.57. The van der Waals surface area contributed by atoms with E-state index < -0.39 is 0 Å². The summed E-state index contributed by atoms with van der Waals surface area (Å²) in [6.07, 6.45) is 1.51. The van der Waals surface area contributed by atoms with Crippen LogP contribution in [0.15, 0.2) is 6.07 Å². The molecule has 2 N–H and O–H groups in total. The van der Waals surface area contributed by atoms with Crippen molar-refractivity contribution in [3.63, 3.8) is 0 Å². The van der Waals surface area contributed by atoms with Gasteiger partial charge in [0, 0.05) is 15.8 Å². The van der Waals surface area contributed by atoms with Crippen LogP contribution in [0.1, 0.15) is 48.0 Å². The van der Waals surface area contributed by atoms with Gasteiger partial charge in [0.05, 0.1) is 6.10 Å². The zero-order valence-corrected chi connectivity index (χ0v) is 11.5. The highest BCUT2D eigenvalue weighted by molar-refractivity contribution is 7.12. The van der Waals surface area contributed by atoms with E-state index in [1.807, 2.05) is 18.3 Å². The molecular formula is C13H23NOS. The highest BCUT2D eigenvalue weighted by Gasteiger charge is 2.10. The van der Waals surface area contributed by atoms with Crippen molar-refractivity contribution in [2.45, 2.75) is 52.7 Å². The summed E-state index contributed by atoms with van der Waals surface area (Å²) in [4.78, 5) is 2.77. The fourth-order valence-electron chi connectivity index (χ4n) is 1.86. The molecule has 0 aliphatic rings. The Labute approximate surface area is 103 Å². The van der Waals surface area contributed by atoms with Crippen LogP contribution in [-0.4, -0.2) is 17.8 Å². The summed E-state index contributed by atoms with van der Waals surface area (Å²) in [5.74, 6) is 0. The van der Waals surface area contributed by atoms with Gasteiger partial charge >= 0.3 is 0 Å². The fourth-order valence-corrected chi connectivity index (χ4v) is 2.88. The Bertz CT molecular complexity index is 322. The zero-order chi connectivity index (χ0) is 12.1. The van der Waals surface area contributed by atoms with Crippen molar-refractivity contribution < 1.29 is 5.11 Å². The molecule has 3 heteroatoms. The lowest BCUT2D eigenvalue weighted by Gasteiger charge is -2.15. The molecule has 0 aromatic carbocycles. The van der Waals surface area contributed by atoms with Crippen LogP contribution in [0.3, 0.4) is 0 Å². The van der Waals surface area contributed by atoms with E-state index in [4.69, 9.17) is 0 Å². The van der Waals surface area contributed by atoms with Gasteiger partial charge in [-0.05, 0) is 51.8 Å². The topological polar surface area (TPSA) is 32.3 Å². The zero-order valence-electron chi connectivity index (χ0n) is 10.7. The first-order valence-electron chi connectivity index (χ1n) is 6.03. The molecule has 2 unspecified atom stereocenters. The Morgan fingerprint density at radius 1 is 1.44 bits per heavy atom. The van der Waals surface area contributed by atoms with Crippen molar-refractivity contribution in [3.05, 3.63) is 21.4 Å². The van der Waals surface area contributed by atoms with E-state index in [1.54, 1.807) is 0 Å². The van der Waals surface area contributed by atoms with Crippen LogP contribution in [-0.2, 0) is 0 Å². The van der Waals surface area contributed by atoms with Crippen LogP contribution < -0.4 is 5.32 Å². The maximum atomic E-state index is 9.46. The summed E-state index contributed by atoms with van der Waals surface area (Å²) >= 11 is 1.85. The van der Waals surface area contributed by atoms with E-state index in [1.165, 1.54) is 15.3 Å². The number of nitrogens with one attached hydrogen (secondary N) is 1. The highest BCUT2D eigenvalue weighted by atomic mass is 32.1. The molecule has 0 fully saturated rings. The van der Waals surface area contributed by atoms with E-state index in [2.05, 4.69) is 32.2 Å². The van der Waals surface area contributed by atoms with E-state index in [0.29, 0.717) is 6.04 Å². The molecular weight excluding hydrogens is 218 g/mol. The van der Waals surface area contributed by atoms with E-state index >= 15 is 0 Å². The Balaban J connectivity index is 2.40. The van der Waals surface area contributed by atoms with Gasteiger partial charge in [-0.1, -0.05) is 6.92 Å². The third-order valence-corrected chi connectivity index (χ3v) is 3.93. The van der Waals surface area contributed by atoms with Gasteiger partial charge < -0.3 is 10.4 Å². The molecule has 0 aliphatic carbocycles. The Hall–Kier alpha value is -0.380. The molecule has 92 valence electrons. The minimum atomic E-state index is -0.162. The highest BCUT2D eigenvalue weighted by Crippen LogP contribution is 2.25. The fraction of sp³-hybridized carbons (Fsp3) is 0.692. The van der Waals surface area contributed by atoms with Crippen LogP contribution in [0.5, 0.6) is 0 Å². The maximum absolute atomic E-state index is 9.46. The Kier molecular flexibility index (Phi) is 5.46. The predicted octanol–water partition coefficient (Wildman–Crippen LogP) is 3.18. The second kappa shape index (κ2) is 6.38. The summed E-state index contributed by atoms with van der Waals surface area (Å²) in [5, 5.41) is 12.9. The Morgan fingerprint density at radius 2 is 2.12 bits per heavy atom. The number of hydrogen-bond acceptors (Lipinski definition) is 3. The van der Waals surface area contributed by atoms with E-state index in [-0.39, 0.29) is 6.10 Å². The van der Waals surface area contributed by atoms with Gasteiger partial charge in [-0.3, -0.25) is 0 Å². The first kappa shape index (κ1) is 13.7. The lowest BCUT2D eigenvalue weighted by atomic mass is 10.1. The number of aliphatic hydroxyl groups is 1. The van der Waals surface area contributed by atoms with Gasteiger partial charge in [-0.15, -0.1) is 11.3 Å². The molecule has 0 amide bonds. The van der Waals surface area contributed by atoms with Crippen LogP contribution in [0.25, 0.3) is 0 Å². The molecule has 0 saturated carbocycles. The summed E-state index contributed by atoms with van der Waals surface area (Å²) in [5.41, 5.74) is 1.40. The standard InChI is InChI=1S/C13H23NOS/c1-5-12(15)6-7-14-10(3)13-8-9(2)16-11(13)4/h8,10,12,14-15H,5-7H2,1-4H3. The van der Waals surface area contributed by atoms with Gasteiger partial charge in [0.1, 0.15) is 0 Å². The van der Waals surface area contributed by atoms with Crippen LogP contribution >= 0.6 is 11.3 Å². The van der Waals surface area contributed by atoms with Crippen LogP contribution in [0.4, 0.5) is 0 Å². The average molecular weight is 241 g/mol. The van der Waals surface area contributed by atoms with Crippen LogP contribution in [0, 0.1) is 13.8 Å². The smallest absolute Gasteiger partial charge is 0.0549 e. The number of hydrogen-bond donors (Lipinski definition) is 2. The molecule has 1 aromatic heterocycles. The monoisotopic (exact) mass is 241 g/mol. The molecule has 2 atom stereocenters. The van der Waals surface area contributed by atoms with Crippen molar-refractivity contribution in [1.82, 2.24) is 5.32 Å². The lowest BCUT2D eigenvalue weighted by Crippen LogP contribution is -2.23. The van der Waals surface area contributed by atoms with Crippen molar-refractivity contribution in [3.8, 4) is 0 Å². The first-order chi connectivity index (χ1) is 7.54. The first-order valence-corrected chi connectivity index (χ1v) is 6.84. The maximum Gasteiger partial charge on any atom is 0.0549 e. The molecule has 1 aromatic rings. The van der Waals surface area contributed by atoms with Crippen molar-refractivity contribution in [1.29, 1.82) is 0 Å². The molecule has 0 radical (unpaired) electrons. The molecule has 16 heavy (non-hydrogen) atoms. The molecule has 2 nitrogen and oxygen atoms in total. The second-order valence-electron chi connectivity index (χ2n) is 4.40. The number of aryl methyl sites for hydroxylation is 2.